The smallest absolute Gasteiger partial charge is 0.327 e. The van der Waals surface area contributed by atoms with Crippen LogP contribution in [0.15, 0.2) is 109 Å². The van der Waals surface area contributed by atoms with Gasteiger partial charge >= 0.3 is 11.9 Å². The number of benzene rings is 4. The molecule has 8 rings (SSSR count). The van der Waals surface area contributed by atoms with E-state index in [1.54, 1.807) is 48.5 Å². The zero-order valence-electron chi connectivity index (χ0n) is 35.5. The Hall–Kier alpha value is -4.74. The van der Waals surface area contributed by atoms with Crippen molar-refractivity contribution in [3.63, 3.8) is 0 Å². The monoisotopic (exact) mass is 880 g/mol. The number of ether oxygens (including phenoxy) is 1. The first kappa shape index (κ1) is 45.3. The van der Waals surface area contributed by atoms with Crippen molar-refractivity contribution in [1.29, 1.82) is 0 Å². The van der Waals surface area contributed by atoms with Crippen molar-refractivity contribution >= 4 is 47.0 Å². The van der Waals surface area contributed by atoms with E-state index >= 15 is 0 Å². The lowest BCUT2D eigenvalue weighted by molar-refractivity contribution is -0.146. The second-order valence-electron chi connectivity index (χ2n) is 17.2. The van der Waals surface area contributed by atoms with E-state index in [0.29, 0.717) is 63.3 Å². The highest BCUT2D eigenvalue weighted by Gasteiger charge is 2.60. The molecule has 2 amide bonds. The van der Waals surface area contributed by atoms with Crippen LogP contribution in [0.5, 0.6) is 0 Å². The normalized spacial score (nSPS) is 26.0. The Morgan fingerprint density at radius 1 is 0.581 bits per heavy atom. The molecule has 8 unspecified atom stereocenters. The number of carboxylic acids is 1. The first-order valence-electron chi connectivity index (χ1n) is 22.1. The summed E-state index contributed by atoms with van der Waals surface area (Å²) >= 11 is 11.8. The van der Waals surface area contributed by atoms with Gasteiger partial charge in [-0.15, -0.1) is 0 Å². The van der Waals surface area contributed by atoms with Crippen molar-refractivity contribution in [2.75, 3.05) is 6.61 Å². The Morgan fingerprint density at radius 3 is 1.31 bits per heavy atom. The molecule has 4 aliphatic carbocycles. The molecular weight excluding hydrogens is 823 g/mol. The number of halogens is 2. The summed E-state index contributed by atoms with van der Waals surface area (Å²) in [7, 11) is 0. The predicted octanol–water partition coefficient (Wildman–Crippen LogP) is 9.06. The van der Waals surface area contributed by atoms with Gasteiger partial charge in [-0.3, -0.25) is 25.0 Å². The summed E-state index contributed by atoms with van der Waals surface area (Å²) in [4.78, 5) is 49.6. The van der Waals surface area contributed by atoms with Gasteiger partial charge in [0.15, 0.2) is 0 Å². The zero-order chi connectivity index (χ0) is 43.9. The maximum absolute atomic E-state index is 12.7. The molecular formula is C50H58Cl2N4O6. The lowest BCUT2D eigenvalue weighted by Crippen LogP contribution is -2.40. The molecule has 5 N–H and O–H groups in total. The van der Waals surface area contributed by atoms with Crippen molar-refractivity contribution in [2.24, 2.45) is 35.5 Å². The Labute approximate surface area is 374 Å². The molecule has 4 aromatic rings. The fourth-order valence-corrected chi connectivity index (χ4v) is 10.7. The summed E-state index contributed by atoms with van der Waals surface area (Å²) in [6.07, 6.45) is 5.75. The number of carboxylic acid groups (broad SMARTS) is 1. The number of hydrogen-bond acceptors (Lipinski definition) is 7. The van der Waals surface area contributed by atoms with Crippen LogP contribution in [-0.2, 0) is 14.3 Å². The van der Waals surface area contributed by atoms with Gasteiger partial charge in [0.05, 0.1) is 6.61 Å². The topological polar surface area (TPSA) is 146 Å². The highest BCUT2D eigenvalue weighted by atomic mass is 35.5. The number of rotatable bonds is 17. The number of nitrogens with one attached hydrogen (secondary N) is 4. The van der Waals surface area contributed by atoms with Crippen molar-refractivity contribution in [1.82, 2.24) is 21.3 Å². The van der Waals surface area contributed by atoms with E-state index in [-0.39, 0.29) is 42.0 Å². The van der Waals surface area contributed by atoms with Gasteiger partial charge < -0.3 is 20.5 Å². The SMILES string of the molecule is CCC(NC(=O)c1ccc(Cl)cc1)C1[C@H]2CC(NC(C(=O)O)c3ccccc3)C[C@@H]12.CCOC(=O)C(NC1C[C@@H]2C(C(CC)NC(=O)c3ccc(Cl)cc3)[C@@H]2C1)c1ccccc1. The average molecular weight is 882 g/mol. The van der Waals surface area contributed by atoms with E-state index in [0.717, 1.165) is 49.7 Å². The van der Waals surface area contributed by atoms with Gasteiger partial charge in [0.1, 0.15) is 12.1 Å². The molecule has 0 radical (unpaired) electrons. The molecule has 4 aromatic carbocycles. The lowest BCUT2D eigenvalue weighted by atomic mass is 9.97. The van der Waals surface area contributed by atoms with Crippen LogP contribution >= 0.6 is 23.2 Å². The number of esters is 1. The zero-order valence-corrected chi connectivity index (χ0v) is 37.0. The molecule has 12 atom stereocenters. The first-order chi connectivity index (χ1) is 30.0. The molecule has 10 nitrogen and oxygen atoms in total. The highest BCUT2D eigenvalue weighted by Crippen LogP contribution is 2.60. The molecule has 0 heterocycles. The fourth-order valence-electron chi connectivity index (χ4n) is 10.5. The second-order valence-corrected chi connectivity index (χ2v) is 18.1. The average Bonchev–Trinajstić information content (AvgIpc) is 3.99. The number of aliphatic carboxylic acids is 1. The Bertz CT molecular complexity index is 2120. The predicted molar refractivity (Wildman–Crippen MR) is 242 cm³/mol. The van der Waals surface area contributed by atoms with Gasteiger partial charge in [0, 0.05) is 45.3 Å². The molecule has 0 bridgehead atoms. The van der Waals surface area contributed by atoms with Gasteiger partial charge in [-0.1, -0.05) is 97.7 Å². The van der Waals surface area contributed by atoms with E-state index in [4.69, 9.17) is 27.9 Å². The first-order valence-corrected chi connectivity index (χ1v) is 22.9. The van der Waals surface area contributed by atoms with Crippen molar-refractivity contribution in [3.8, 4) is 0 Å². The minimum Gasteiger partial charge on any atom is -0.480 e. The minimum absolute atomic E-state index is 0.0420. The van der Waals surface area contributed by atoms with Crippen molar-refractivity contribution in [2.45, 2.75) is 95.5 Å². The van der Waals surface area contributed by atoms with E-state index < -0.39 is 18.1 Å². The van der Waals surface area contributed by atoms with Crippen LogP contribution < -0.4 is 21.3 Å². The largest absolute Gasteiger partial charge is 0.480 e. The molecule has 62 heavy (non-hydrogen) atoms. The molecule has 0 saturated heterocycles. The molecule has 12 heteroatoms. The van der Waals surface area contributed by atoms with Crippen molar-refractivity contribution < 1.29 is 29.0 Å². The maximum atomic E-state index is 12.7. The van der Waals surface area contributed by atoms with E-state index in [1.165, 1.54) is 0 Å². The number of amides is 2. The summed E-state index contributed by atoms with van der Waals surface area (Å²) < 4.78 is 5.32. The Balaban J connectivity index is 0.000000187. The van der Waals surface area contributed by atoms with Gasteiger partial charge in [-0.2, -0.15) is 0 Å². The summed E-state index contributed by atoms with van der Waals surface area (Å²) in [6, 6.07) is 32.7. The van der Waals surface area contributed by atoms with Crippen molar-refractivity contribution in [3.05, 3.63) is 141 Å². The van der Waals surface area contributed by atoms with Gasteiger partial charge in [0.25, 0.3) is 11.8 Å². The summed E-state index contributed by atoms with van der Waals surface area (Å²) in [5.74, 6) is 2.07. The molecule has 0 aliphatic heterocycles. The third kappa shape index (κ3) is 10.9. The third-order valence-corrected chi connectivity index (χ3v) is 14.0. The Morgan fingerprint density at radius 2 is 0.952 bits per heavy atom. The van der Waals surface area contributed by atoms with Gasteiger partial charge in [-0.05, 0) is 141 Å². The maximum Gasteiger partial charge on any atom is 0.327 e. The highest BCUT2D eigenvalue weighted by molar-refractivity contribution is 6.31. The fraction of sp³-hybridized carbons (Fsp3) is 0.440. The second kappa shape index (κ2) is 20.6. The van der Waals surface area contributed by atoms with Crippen LogP contribution in [0.2, 0.25) is 10.0 Å². The molecule has 4 fully saturated rings. The summed E-state index contributed by atoms with van der Waals surface area (Å²) in [6.45, 7) is 6.43. The van der Waals surface area contributed by atoms with E-state index in [9.17, 15) is 24.3 Å². The number of carbonyl (C=O) groups excluding carboxylic acids is 3. The molecule has 0 spiro atoms. The van der Waals surface area contributed by atoms with E-state index in [2.05, 4.69) is 35.1 Å². The van der Waals surface area contributed by atoms with Crippen LogP contribution in [0.4, 0.5) is 0 Å². The van der Waals surface area contributed by atoms with Crippen LogP contribution in [0.3, 0.4) is 0 Å². The quantitative estimate of drug-likeness (QED) is 0.0661. The minimum atomic E-state index is -0.847. The third-order valence-electron chi connectivity index (χ3n) is 13.5. The Kier molecular flexibility index (Phi) is 15.1. The van der Waals surface area contributed by atoms with Crippen LogP contribution in [0, 0.1) is 35.5 Å². The summed E-state index contributed by atoms with van der Waals surface area (Å²) in [5.41, 5.74) is 2.97. The van der Waals surface area contributed by atoms with Gasteiger partial charge in [-0.25, -0.2) is 4.79 Å². The summed E-state index contributed by atoms with van der Waals surface area (Å²) in [5, 5.41) is 24.2. The molecule has 328 valence electrons. The van der Waals surface area contributed by atoms with Gasteiger partial charge in [0.2, 0.25) is 0 Å². The van der Waals surface area contributed by atoms with Crippen LogP contribution in [0.1, 0.15) is 103 Å². The number of carbonyl (C=O) groups is 4. The number of hydrogen-bond donors (Lipinski definition) is 5. The standard InChI is InChI=1S/C26H31ClN2O3.C24H27ClN2O3/c1-3-22(29-25(30)17-10-12-18(27)13-11-17)23-20-14-19(15-21(20)23)28-24(26(31)32-4-2)16-8-6-5-7-9-16;1-2-20(27-23(28)15-8-10-16(25)11-9-15)21-18-12-17(13-19(18)21)26-22(24(29)30)14-6-4-3-5-7-14/h5-13,19-24,28H,3-4,14-15H2,1-2H3,(H,29,30);3-11,17-22,26H,2,12-13H2,1H3,(H,27,28)(H,29,30)/t19?,20-,21+,22?,23?,24?;17?,18-,19+,20?,21?,22?. The lowest BCUT2D eigenvalue weighted by Gasteiger charge is -2.25. The van der Waals surface area contributed by atoms with E-state index in [1.807, 2.05) is 67.6 Å². The molecule has 4 saturated carbocycles. The molecule has 4 aliphatic rings. The van der Waals surface area contributed by atoms with Crippen LogP contribution in [0.25, 0.3) is 0 Å². The van der Waals surface area contributed by atoms with Crippen LogP contribution in [-0.4, -0.2) is 59.6 Å². The number of fused-ring (bicyclic) bond motifs is 2. The molecule has 0 aromatic heterocycles.